The first kappa shape index (κ1) is 18.0. The molecule has 0 fully saturated rings. The van der Waals surface area contributed by atoms with Gasteiger partial charge in [0, 0.05) is 6.42 Å². The number of benzene rings is 2. The predicted octanol–water partition coefficient (Wildman–Crippen LogP) is 4.31. The van der Waals surface area contributed by atoms with Crippen molar-refractivity contribution in [2.75, 3.05) is 12.4 Å². The van der Waals surface area contributed by atoms with Gasteiger partial charge in [0.2, 0.25) is 5.91 Å². The lowest BCUT2D eigenvalue weighted by Crippen LogP contribution is -2.13. The molecule has 0 atom stereocenters. The van der Waals surface area contributed by atoms with E-state index in [0.29, 0.717) is 29.1 Å². The first-order valence-electron chi connectivity index (χ1n) is 7.64. The van der Waals surface area contributed by atoms with Gasteiger partial charge in [0.15, 0.2) is 0 Å². The molecule has 2 aromatic carbocycles. The number of esters is 1. The molecule has 0 bridgehead atoms. The van der Waals surface area contributed by atoms with Crippen LogP contribution < -0.4 is 5.32 Å². The Balaban J connectivity index is 2.01. The van der Waals surface area contributed by atoms with E-state index in [-0.39, 0.29) is 5.91 Å². The highest BCUT2D eigenvalue weighted by molar-refractivity contribution is 6.33. The molecule has 2 rings (SSSR count). The first-order valence-corrected chi connectivity index (χ1v) is 8.02. The van der Waals surface area contributed by atoms with Crippen molar-refractivity contribution in [1.29, 1.82) is 0 Å². The largest absolute Gasteiger partial charge is 0.465 e. The van der Waals surface area contributed by atoms with Gasteiger partial charge >= 0.3 is 5.97 Å². The highest BCUT2D eigenvalue weighted by Gasteiger charge is 2.11. The number of carbonyl (C=O) groups excluding carboxylic acids is 2. The average molecular weight is 346 g/mol. The topological polar surface area (TPSA) is 55.4 Å². The number of carbonyl (C=O) groups is 2. The third-order valence-electron chi connectivity index (χ3n) is 3.87. The third kappa shape index (κ3) is 4.59. The smallest absolute Gasteiger partial charge is 0.337 e. The van der Waals surface area contributed by atoms with E-state index in [1.807, 2.05) is 6.07 Å². The summed E-state index contributed by atoms with van der Waals surface area (Å²) in [6.45, 7) is 4.11. The van der Waals surface area contributed by atoms with Gasteiger partial charge in [0.1, 0.15) is 0 Å². The summed E-state index contributed by atoms with van der Waals surface area (Å²) in [5.74, 6) is -0.630. The number of methoxy groups -OCH3 is 1. The van der Waals surface area contributed by atoms with Gasteiger partial charge in [-0.2, -0.15) is 0 Å². The van der Waals surface area contributed by atoms with Crippen LogP contribution in [0.1, 0.15) is 33.5 Å². The molecule has 0 aliphatic carbocycles. The maximum atomic E-state index is 12.2. The molecule has 0 spiro atoms. The van der Waals surface area contributed by atoms with Crippen LogP contribution in [0.25, 0.3) is 0 Å². The number of hydrogen-bond acceptors (Lipinski definition) is 3. The number of aryl methyl sites for hydroxylation is 3. The highest BCUT2D eigenvalue weighted by Crippen LogP contribution is 2.24. The van der Waals surface area contributed by atoms with Crippen molar-refractivity contribution in [3.8, 4) is 0 Å². The second-order valence-corrected chi connectivity index (χ2v) is 6.06. The summed E-state index contributed by atoms with van der Waals surface area (Å²) in [5, 5.41) is 3.12. The molecule has 0 radical (unpaired) electrons. The highest BCUT2D eigenvalue weighted by atomic mass is 35.5. The summed E-state index contributed by atoms with van der Waals surface area (Å²) in [6, 6.07) is 10.8. The van der Waals surface area contributed by atoms with Crippen molar-refractivity contribution in [3.05, 3.63) is 63.7 Å². The monoisotopic (exact) mass is 345 g/mol. The molecule has 0 aliphatic heterocycles. The molecule has 0 unspecified atom stereocenters. The molecule has 126 valence electrons. The molecule has 0 saturated heterocycles. The molecule has 0 heterocycles. The molecule has 24 heavy (non-hydrogen) atoms. The predicted molar refractivity (Wildman–Crippen MR) is 95.7 cm³/mol. The number of nitrogens with one attached hydrogen (secondary N) is 1. The van der Waals surface area contributed by atoms with Crippen LogP contribution in [0.3, 0.4) is 0 Å². The molecular weight excluding hydrogens is 326 g/mol. The van der Waals surface area contributed by atoms with Gasteiger partial charge in [0.05, 0.1) is 23.4 Å². The summed E-state index contributed by atoms with van der Waals surface area (Å²) >= 11 is 6.08. The molecule has 1 amide bonds. The second-order valence-electron chi connectivity index (χ2n) is 5.65. The van der Waals surface area contributed by atoms with Crippen molar-refractivity contribution >= 4 is 29.2 Å². The van der Waals surface area contributed by atoms with Gasteiger partial charge in [-0.25, -0.2) is 4.79 Å². The Hall–Kier alpha value is -2.33. The number of anilines is 1. The Labute approximate surface area is 146 Å². The normalized spacial score (nSPS) is 10.3. The zero-order valence-corrected chi connectivity index (χ0v) is 14.7. The van der Waals surface area contributed by atoms with E-state index in [9.17, 15) is 9.59 Å². The first-order chi connectivity index (χ1) is 11.4. The lowest BCUT2D eigenvalue weighted by atomic mass is 10.0. The fourth-order valence-electron chi connectivity index (χ4n) is 2.30. The van der Waals surface area contributed by atoms with E-state index >= 15 is 0 Å². The van der Waals surface area contributed by atoms with E-state index in [1.165, 1.54) is 24.3 Å². The summed E-state index contributed by atoms with van der Waals surface area (Å²) in [4.78, 5) is 23.7. The fourth-order valence-corrected chi connectivity index (χ4v) is 2.46. The molecular formula is C19H20ClNO3. The molecule has 0 aromatic heterocycles. The van der Waals surface area contributed by atoms with Crippen molar-refractivity contribution in [2.45, 2.75) is 26.7 Å². The summed E-state index contributed by atoms with van der Waals surface area (Å²) in [7, 11) is 1.30. The summed E-state index contributed by atoms with van der Waals surface area (Å²) in [6.07, 6.45) is 0.975. The van der Waals surface area contributed by atoms with Gasteiger partial charge in [-0.05, 0) is 55.2 Å². The molecule has 4 nitrogen and oxygen atoms in total. The maximum Gasteiger partial charge on any atom is 0.337 e. The Morgan fingerprint density at radius 3 is 2.50 bits per heavy atom. The second kappa shape index (κ2) is 7.97. The minimum atomic E-state index is -0.475. The Morgan fingerprint density at radius 2 is 1.83 bits per heavy atom. The minimum Gasteiger partial charge on any atom is -0.465 e. The van der Waals surface area contributed by atoms with E-state index in [2.05, 4.69) is 36.0 Å². The van der Waals surface area contributed by atoms with Crippen molar-refractivity contribution in [2.24, 2.45) is 0 Å². The third-order valence-corrected chi connectivity index (χ3v) is 4.20. The Kier molecular flexibility index (Phi) is 5.99. The number of amides is 1. The minimum absolute atomic E-state index is 0.155. The lowest BCUT2D eigenvalue weighted by molar-refractivity contribution is -0.116. The van der Waals surface area contributed by atoms with Crippen LogP contribution in [0.4, 0.5) is 5.69 Å². The Morgan fingerprint density at radius 1 is 1.08 bits per heavy atom. The van der Waals surface area contributed by atoms with Gasteiger partial charge in [0.25, 0.3) is 0 Å². The summed E-state index contributed by atoms with van der Waals surface area (Å²) in [5.41, 5.74) is 4.30. The van der Waals surface area contributed by atoms with Gasteiger partial charge < -0.3 is 10.1 Å². The van der Waals surface area contributed by atoms with E-state index in [0.717, 1.165) is 5.56 Å². The van der Waals surface area contributed by atoms with Crippen LogP contribution in [0.2, 0.25) is 5.02 Å². The van der Waals surface area contributed by atoms with Crippen LogP contribution in [-0.2, 0) is 16.0 Å². The molecule has 1 N–H and O–H groups in total. The number of ether oxygens (including phenoxy) is 1. The van der Waals surface area contributed by atoms with Crippen LogP contribution in [0.5, 0.6) is 0 Å². The number of hydrogen-bond donors (Lipinski definition) is 1. The van der Waals surface area contributed by atoms with E-state index < -0.39 is 5.97 Å². The van der Waals surface area contributed by atoms with Crippen LogP contribution >= 0.6 is 11.6 Å². The van der Waals surface area contributed by atoms with E-state index in [1.54, 1.807) is 12.1 Å². The fraction of sp³-hybridized carbons (Fsp3) is 0.263. The van der Waals surface area contributed by atoms with Crippen molar-refractivity contribution < 1.29 is 14.3 Å². The average Bonchev–Trinajstić information content (AvgIpc) is 2.57. The quantitative estimate of drug-likeness (QED) is 0.821. The van der Waals surface area contributed by atoms with E-state index in [4.69, 9.17) is 11.6 Å². The zero-order chi connectivity index (χ0) is 17.7. The van der Waals surface area contributed by atoms with Crippen molar-refractivity contribution in [1.82, 2.24) is 0 Å². The molecule has 0 aliphatic rings. The number of halogens is 1. The van der Waals surface area contributed by atoms with Crippen LogP contribution in [0, 0.1) is 13.8 Å². The maximum absolute atomic E-state index is 12.2. The summed E-state index contributed by atoms with van der Waals surface area (Å²) < 4.78 is 4.67. The standard InChI is InChI=1S/C19H20ClNO3/c1-12-4-5-14(10-13(12)2)6-9-18(22)21-17-11-15(19(23)24-3)7-8-16(17)20/h4-5,7-8,10-11H,6,9H2,1-3H3,(H,21,22). The SMILES string of the molecule is COC(=O)c1ccc(Cl)c(NC(=O)CCc2ccc(C)c(C)c2)c1. The number of rotatable bonds is 5. The molecule has 0 saturated carbocycles. The molecule has 2 aromatic rings. The van der Waals surface area contributed by atoms with Crippen LogP contribution in [0.15, 0.2) is 36.4 Å². The Bertz CT molecular complexity index is 771. The van der Waals surface area contributed by atoms with Gasteiger partial charge in [-0.3, -0.25) is 4.79 Å². The van der Waals surface area contributed by atoms with Gasteiger partial charge in [-0.15, -0.1) is 0 Å². The lowest BCUT2D eigenvalue weighted by Gasteiger charge is -2.09. The van der Waals surface area contributed by atoms with Crippen molar-refractivity contribution in [3.63, 3.8) is 0 Å². The molecule has 5 heteroatoms. The van der Waals surface area contributed by atoms with Gasteiger partial charge in [-0.1, -0.05) is 29.8 Å². The zero-order valence-electron chi connectivity index (χ0n) is 14.0. The van der Waals surface area contributed by atoms with Crippen LogP contribution in [-0.4, -0.2) is 19.0 Å².